The van der Waals surface area contributed by atoms with Crippen molar-refractivity contribution in [3.63, 3.8) is 0 Å². The van der Waals surface area contributed by atoms with Crippen LogP contribution >= 0.6 is 11.6 Å². The van der Waals surface area contributed by atoms with Crippen molar-refractivity contribution in [3.05, 3.63) is 64.8 Å². The maximum atomic E-state index is 13.3. The van der Waals surface area contributed by atoms with Crippen molar-refractivity contribution in [2.45, 2.75) is 25.3 Å². The van der Waals surface area contributed by atoms with E-state index >= 15 is 0 Å². The van der Waals surface area contributed by atoms with E-state index in [1.807, 2.05) is 0 Å². The zero-order valence-corrected chi connectivity index (χ0v) is 18.4. The predicted molar refractivity (Wildman–Crippen MR) is 121 cm³/mol. The number of H-pyrrole nitrogens is 1. The first kappa shape index (κ1) is 22.7. The molecule has 3 amide bonds. The molecule has 0 spiro atoms. The first-order valence-corrected chi connectivity index (χ1v) is 11.0. The highest BCUT2D eigenvalue weighted by Crippen LogP contribution is 2.20. The van der Waals surface area contributed by atoms with Crippen LogP contribution in [0.15, 0.2) is 42.6 Å². The molecule has 3 aromatic rings. The fraction of sp³-hybridized carbons (Fsp3) is 0.304. The lowest BCUT2D eigenvalue weighted by Gasteiger charge is -2.33. The largest absolute Gasteiger partial charge is 0.369 e. The summed E-state index contributed by atoms with van der Waals surface area (Å²) in [4.78, 5) is 46.3. The summed E-state index contributed by atoms with van der Waals surface area (Å²) in [6, 6.07) is 8.18. The van der Waals surface area contributed by atoms with E-state index in [-0.39, 0.29) is 35.7 Å². The quantitative estimate of drug-likeness (QED) is 0.478. The van der Waals surface area contributed by atoms with Crippen molar-refractivity contribution < 1.29 is 18.8 Å². The summed E-state index contributed by atoms with van der Waals surface area (Å²) >= 11 is 5.92. The van der Waals surface area contributed by atoms with Crippen molar-refractivity contribution in [3.8, 4) is 0 Å². The number of nitrogens with one attached hydrogen (secondary N) is 2. The highest BCUT2D eigenvalue weighted by atomic mass is 35.5. The molecule has 1 aliphatic heterocycles. The summed E-state index contributed by atoms with van der Waals surface area (Å²) in [6.45, 7) is 0.748. The minimum atomic E-state index is -0.874. The molecule has 1 fully saturated rings. The number of carbonyl (C=O) groups excluding carboxylic acids is 3. The van der Waals surface area contributed by atoms with Gasteiger partial charge in [-0.2, -0.15) is 0 Å². The highest BCUT2D eigenvalue weighted by Gasteiger charge is 2.31. The number of carbonyl (C=O) groups is 3. The summed E-state index contributed by atoms with van der Waals surface area (Å²) in [5, 5.41) is 3.82. The zero-order valence-electron chi connectivity index (χ0n) is 17.7. The summed E-state index contributed by atoms with van der Waals surface area (Å²) in [6.07, 6.45) is 2.68. The minimum absolute atomic E-state index is 0.189. The van der Waals surface area contributed by atoms with Crippen LogP contribution in [0, 0.1) is 11.7 Å². The Balaban J connectivity index is 1.53. The van der Waals surface area contributed by atoms with Crippen molar-refractivity contribution in [2.75, 3.05) is 13.1 Å². The number of pyridine rings is 1. The number of nitrogens with zero attached hydrogens (tertiary/aromatic N) is 2. The maximum Gasteiger partial charge on any atom is 0.268 e. The van der Waals surface area contributed by atoms with Gasteiger partial charge in [-0.3, -0.25) is 14.4 Å². The van der Waals surface area contributed by atoms with Crippen LogP contribution in [0.2, 0.25) is 5.15 Å². The lowest BCUT2D eigenvalue weighted by molar-refractivity contribution is -0.136. The fourth-order valence-electron chi connectivity index (χ4n) is 4.02. The lowest BCUT2D eigenvalue weighted by atomic mass is 9.95. The molecule has 1 saturated heterocycles. The number of likely N-dealkylation sites (tertiary alicyclic amines) is 1. The molecule has 172 valence electrons. The van der Waals surface area contributed by atoms with Crippen LogP contribution < -0.4 is 11.1 Å². The van der Waals surface area contributed by atoms with E-state index in [9.17, 15) is 18.8 Å². The number of amides is 3. The third-order valence-corrected chi connectivity index (χ3v) is 6.09. The van der Waals surface area contributed by atoms with Gasteiger partial charge in [0.2, 0.25) is 11.8 Å². The molecule has 0 radical (unpaired) electrons. The van der Waals surface area contributed by atoms with Gasteiger partial charge in [0.1, 0.15) is 22.7 Å². The number of rotatable bonds is 6. The van der Waals surface area contributed by atoms with Crippen LogP contribution in [-0.2, 0) is 16.0 Å². The van der Waals surface area contributed by atoms with E-state index in [1.54, 1.807) is 29.2 Å². The molecule has 1 atom stereocenters. The summed E-state index contributed by atoms with van der Waals surface area (Å²) in [7, 11) is 0. The summed E-state index contributed by atoms with van der Waals surface area (Å²) in [5.74, 6) is -1.74. The van der Waals surface area contributed by atoms with E-state index < -0.39 is 11.9 Å². The van der Waals surface area contributed by atoms with Gasteiger partial charge >= 0.3 is 0 Å². The fourth-order valence-corrected chi connectivity index (χ4v) is 4.19. The van der Waals surface area contributed by atoms with Crippen LogP contribution in [0.4, 0.5) is 4.39 Å². The Morgan fingerprint density at radius 2 is 1.91 bits per heavy atom. The Bertz CT molecular complexity index is 1190. The van der Waals surface area contributed by atoms with Crippen molar-refractivity contribution >= 4 is 40.2 Å². The molecule has 1 aromatic carbocycles. The Morgan fingerprint density at radius 1 is 1.21 bits per heavy atom. The number of aromatic amines is 1. The topological polar surface area (TPSA) is 121 Å². The van der Waals surface area contributed by atoms with Gasteiger partial charge in [-0.15, -0.1) is 0 Å². The summed E-state index contributed by atoms with van der Waals surface area (Å²) < 4.78 is 13.3. The number of nitrogens with two attached hydrogens (primary N) is 1. The highest BCUT2D eigenvalue weighted by molar-refractivity contribution is 6.30. The number of aromatic nitrogens is 2. The van der Waals surface area contributed by atoms with Crippen LogP contribution in [0.3, 0.4) is 0 Å². The Hall–Kier alpha value is -3.46. The van der Waals surface area contributed by atoms with Crippen LogP contribution in [0.1, 0.15) is 28.9 Å². The number of benzene rings is 1. The Morgan fingerprint density at radius 3 is 2.58 bits per heavy atom. The van der Waals surface area contributed by atoms with Crippen molar-refractivity contribution in [1.29, 1.82) is 0 Å². The van der Waals surface area contributed by atoms with Crippen LogP contribution in [-0.4, -0.2) is 51.7 Å². The van der Waals surface area contributed by atoms with E-state index in [4.69, 9.17) is 17.3 Å². The van der Waals surface area contributed by atoms with Crippen molar-refractivity contribution in [2.24, 2.45) is 11.7 Å². The third-order valence-electron chi connectivity index (χ3n) is 5.88. The number of halogens is 2. The molecule has 4 N–H and O–H groups in total. The van der Waals surface area contributed by atoms with Crippen LogP contribution in [0.25, 0.3) is 10.9 Å². The minimum Gasteiger partial charge on any atom is -0.369 e. The molecule has 2 aromatic heterocycles. The molecule has 3 heterocycles. The standard InChI is InChI=1S/C23H23ClFN5O3/c24-20-11-15-10-17(28-19(15)12-27-20)22(32)29-18(9-13-1-3-16(25)4-2-13)23(33)30-7-5-14(6-8-30)21(26)31/h1-4,10-12,14,18,28H,5-9H2,(H2,26,31)(H,29,32)/t18-/m0/s1. The molecule has 0 saturated carbocycles. The molecule has 1 aliphatic rings. The van der Waals surface area contributed by atoms with Gasteiger partial charge in [-0.05, 0) is 42.7 Å². The smallest absolute Gasteiger partial charge is 0.268 e. The number of hydrogen-bond acceptors (Lipinski definition) is 4. The molecule has 0 bridgehead atoms. The first-order valence-electron chi connectivity index (χ1n) is 10.6. The molecular weight excluding hydrogens is 449 g/mol. The number of hydrogen-bond donors (Lipinski definition) is 3. The first-order chi connectivity index (χ1) is 15.8. The molecule has 33 heavy (non-hydrogen) atoms. The van der Waals surface area contributed by atoms with Crippen molar-refractivity contribution in [1.82, 2.24) is 20.2 Å². The van der Waals surface area contributed by atoms with Gasteiger partial charge in [-0.1, -0.05) is 23.7 Å². The normalized spacial score (nSPS) is 15.4. The van der Waals surface area contributed by atoms with Gasteiger partial charge in [0.05, 0.1) is 11.7 Å². The lowest BCUT2D eigenvalue weighted by Crippen LogP contribution is -2.52. The van der Waals surface area contributed by atoms with E-state index in [0.29, 0.717) is 42.2 Å². The average molecular weight is 472 g/mol. The van der Waals surface area contributed by atoms with E-state index in [1.165, 1.54) is 18.3 Å². The second-order valence-corrected chi connectivity index (χ2v) is 8.52. The van der Waals surface area contributed by atoms with Gasteiger partial charge in [0.25, 0.3) is 5.91 Å². The molecule has 8 nitrogen and oxygen atoms in total. The third kappa shape index (κ3) is 5.31. The SMILES string of the molecule is NC(=O)C1CCN(C(=O)[C@H](Cc2ccc(F)cc2)NC(=O)c2cc3cc(Cl)ncc3[nH]2)CC1. The monoisotopic (exact) mass is 471 g/mol. The van der Waals surface area contributed by atoms with Gasteiger partial charge in [0.15, 0.2) is 0 Å². The van der Waals surface area contributed by atoms with E-state index in [0.717, 1.165) is 5.39 Å². The molecule has 0 aliphatic carbocycles. The molecule has 0 unspecified atom stereocenters. The molecule has 4 rings (SSSR count). The Labute approximate surface area is 194 Å². The molecule has 10 heteroatoms. The maximum absolute atomic E-state index is 13.3. The van der Waals surface area contributed by atoms with E-state index in [2.05, 4.69) is 15.3 Å². The molecular formula is C23H23ClFN5O3. The number of primary amides is 1. The second kappa shape index (κ2) is 9.58. The average Bonchev–Trinajstić information content (AvgIpc) is 3.23. The second-order valence-electron chi connectivity index (χ2n) is 8.14. The van der Waals surface area contributed by atoms with Crippen LogP contribution in [0.5, 0.6) is 0 Å². The summed E-state index contributed by atoms with van der Waals surface area (Å²) in [5.41, 5.74) is 6.99. The van der Waals surface area contributed by atoms with Gasteiger partial charge < -0.3 is 20.9 Å². The van der Waals surface area contributed by atoms with Gasteiger partial charge in [0, 0.05) is 30.8 Å². The Kier molecular flexibility index (Phi) is 6.60. The number of piperidine rings is 1. The van der Waals surface area contributed by atoms with Gasteiger partial charge in [-0.25, -0.2) is 9.37 Å². The zero-order chi connectivity index (χ0) is 23.5. The predicted octanol–water partition coefficient (Wildman–Crippen LogP) is 2.42. The number of fused-ring (bicyclic) bond motifs is 1.